The van der Waals surface area contributed by atoms with Gasteiger partial charge in [0.1, 0.15) is 0 Å². The lowest BCUT2D eigenvalue weighted by atomic mass is 9.88. The van der Waals surface area contributed by atoms with Crippen LogP contribution >= 0.6 is 0 Å². The topological polar surface area (TPSA) is 200 Å². The number of carbonyl (C=O) groups is 5. The Bertz CT molecular complexity index is 1130. The Kier molecular flexibility index (Phi) is 13.7. The van der Waals surface area contributed by atoms with Crippen molar-refractivity contribution in [2.75, 3.05) is 6.54 Å². The molecule has 2 amide bonds. The second-order valence-corrected chi connectivity index (χ2v) is 10.1. The Balaban J connectivity index is 2.22. The number of benzene rings is 2. The van der Waals surface area contributed by atoms with Gasteiger partial charge >= 0.3 is 0 Å². The van der Waals surface area contributed by atoms with Crippen LogP contribution in [0.5, 0.6) is 0 Å². The fourth-order valence-corrected chi connectivity index (χ4v) is 4.53. The molecule has 2 aromatic rings. The highest BCUT2D eigenvalue weighted by atomic mass is 16.4. The molecule has 216 valence electrons. The molecule has 0 aliphatic heterocycles. The highest BCUT2D eigenvalue weighted by Gasteiger charge is 2.30. The van der Waals surface area contributed by atoms with Crippen molar-refractivity contribution in [3.05, 3.63) is 71.8 Å². The number of unbranched alkanes of at least 4 members (excludes halogenated alkanes) is 1. The molecular formula is C30H40N4O6. The van der Waals surface area contributed by atoms with Gasteiger partial charge in [0, 0.05) is 37.1 Å². The monoisotopic (exact) mass is 552 g/mol. The predicted octanol–water partition coefficient (Wildman–Crippen LogP) is -0.528. The fraction of sp³-hybridized carbons (Fsp3) is 0.433. The number of nitrogens with two attached hydrogens (primary N) is 2. The van der Waals surface area contributed by atoms with Crippen LogP contribution < -0.4 is 27.6 Å². The lowest BCUT2D eigenvalue weighted by Crippen LogP contribution is -2.50. The number of rotatable bonds is 19. The lowest BCUT2D eigenvalue weighted by Gasteiger charge is -2.25. The van der Waals surface area contributed by atoms with Crippen LogP contribution in [0.2, 0.25) is 0 Å². The third-order valence-corrected chi connectivity index (χ3v) is 6.78. The van der Waals surface area contributed by atoms with E-state index in [9.17, 15) is 29.1 Å². The molecule has 40 heavy (non-hydrogen) atoms. The number of nitrogens with one attached hydrogen (secondary N) is 1. The largest absolute Gasteiger partial charge is 0.550 e. The average molecular weight is 553 g/mol. The minimum atomic E-state index is -1.34. The molecule has 0 aliphatic rings. The summed E-state index contributed by atoms with van der Waals surface area (Å²) in [4.78, 5) is 62.7. The zero-order chi connectivity index (χ0) is 29.5. The standard InChI is InChI=1S/C30H40N4O6/c31-14-8-7-13-25(27(36)18-23(30(39)40)16-21-11-5-2-6-12-21)34-29(38)22(15-20-9-3-1-4-10-20)17-26(35)24(32)19-28(33)37/h1-6,9-12,22-25H,7-8,13-19,31-32H2,(H2,33,37)(H,34,38)(H,39,40). The van der Waals surface area contributed by atoms with Gasteiger partial charge in [-0.3, -0.25) is 19.2 Å². The Labute approximate surface area is 234 Å². The number of quaternary nitrogens is 1. The second kappa shape index (κ2) is 16.9. The van der Waals surface area contributed by atoms with E-state index in [1.807, 2.05) is 36.4 Å². The summed E-state index contributed by atoms with van der Waals surface area (Å²) < 4.78 is 0. The van der Waals surface area contributed by atoms with Crippen LogP contribution in [-0.2, 0) is 36.8 Å². The molecule has 0 radical (unpaired) electrons. The van der Waals surface area contributed by atoms with Crippen LogP contribution in [0.3, 0.4) is 0 Å². The smallest absolute Gasteiger partial charge is 0.224 e. The van der Waals surface area contributed by atoms with Gasteiger partial charge in [0.2, 0.25) is 11.8 Å². The van der Waals surface area contributed by atoms with Crippen molar-refractivity contribution in [2.24, 2.45) is 23.3 Å². The number of carbonyl (C=O) groups excluding carboxylic acids is 5. The van der Waals surface area contributed by atoms with Crippen molar-refractivity contribution in [1.82, 2.24) is 5.32 Å². The van der Waals surface area contributed by atoms with Crippen molar-refractivity contribution >= 4 is 29.4 Å². The van der Waals surface area contributed by atoms with E-state index in [1.165, 1.54) is 0 Å². The number of ketones is 2. The van der Waals surface area contributed by atoms with Gasteiger partial charge in [0.15, 0.2) is 11.6 Å². The van der Waals surface area contributed by atoms with E-state index in [2.05, 4.69) is 11.1 Å². The van der Waals surface area contributed by atoms with Gasteiger partial charge in [0.05, 0.1) is 18.6 Å². The highest BCUT2D eigenvalue weighted by Crippen LogP contribution is 2.18. The summed E-state index contributed by atoms with van der Waals surface area (Å²) >= 11 is 0. The molecule has 4 atom stereocenters. The SMILES string of the molecule is NC(=O)CC(N)C(=O)CC(Cc1ccccc1)C(=O)NC(CCCC[NH3+])C(=O)CC(Cc1ccccc1)C(=O)[O-]. The number of hydrogen-bond acceptors (Lipinski definition) is 7. The van der Waals surface area contributed by atoms with Gasteiger partial charge < -0.3 is 32.4 Å². The van der Waals surface area contributed by atoms with Gasteiger partial charge in [-0.05, 0) is 43.2 Å². The van der Waals surface area contributed by atoms with Gasteiger partial charge in [-0.25, -0.2) is 0 Å². The quantitative estimate of drug-likeness (QED) is 0.168. The van der Waals surface area contributed by atoms with E-state index in [1.54, 1.807) is 24.3 Å². The van der Waals surface area contributed by atoms with Gasteiger partial charge in [-0.15, -0.1) is 0 Å². The van der Waals surface area contributed by atoms with Crippen LogP contribution in [0.15, 0.2) is 60.7 Å². The molecular weight excluding hydrogens is 512 g/mol. The molecule has 0 heterocycles. The zero-order valence-corrected chi connectivity index (χ0v) is 22.8. The molecule has 4 unspecified atom stereocenters. The van der Waals surface area contributed by atoms with Crippen molar-refractivity contribution in [3.63, 3.8) is 0 Å². The average Bonchev–Trinajstić information content (AvgIpc) is 2.92. The zero-order valence-electron chi connectivity index (χ0n) is 22.8. The Hall–Kier alpha value is -3.89. The molecule has 0 saturated carbocycles. The summed E-state index contributed by atoms with van der Waals surface area (Å²) in [5, 5.41) is 14.7. The van der Waals surface area contributed by atoms with Crippen LogP contribution in [0.25, 0.3) is 0 Å². The van der Waals surface area contributed by atoms with Crippen molar-refractivity contribution < 1.29 is 34.8 Å². The Morgan fingerprint density at radius 1 is 0.775 bits per heavy atom. The van der Waals surface area contributed by atoms with Crippen LogP contribution in [0, 0.1) is 11.8 Å². The van der Waals surface area contributed by atoms with Crippen molar-refractivity contribution in [1.29, 1.82) is 0 Å². The predicted molar refractivity (Wildman–Crippen MR) is 147 cm³/mol. The minimum Gasteiger partial charge on any atom is -0.550 e. The molecule has 0 aliphatic carbocycles. The normalized spacial score (nSPS) is 13.9. The van der Waals surface area contributed by atoms with Gasteiger partial charge in [-0.1, -0.05) is 60.7 Å². The number of carboxylic acids is 1. The third kappa shape index (κ3) is 11.5. The maximum atomic E-state index is 13.5. The third-order valence-electron chi connectivity index (χ3n) is 6.78. The molecule has 2 rings (SSSR count). The van der Waals surface area contributed by atoms with Crippen molar-refractivity contribution in [2.45, 2.75) is 63.5 Å². The molecule has 8 N–H and O–H groups in total. The second-order valence-electron chi connectivity index (χ2n) is 10.1. The molecule has 0 spiro atoms. The molecule has 0 bridgehead atoms. The lowest BCUT2D eigenvalue weighted by molar-refractivity contribution is -0.368. The molecule has 2 aromatic carbocycles. The van der Waals surface area contributed by atoms with Gasteiger partial charge in [0.25, 0.3) is 0 Å². The van der Waals surface area contributed by atoms with Crippen molar-refractivity contribution in [3.8, 4) is 0 Å². The van der Waals surface area contributed by atoms with E-state index in [0.29, 0.717) is 19.4 Å². The number of amides is 2. The number of aliphatic carboxylic acids is 1. The van der Waals surface area contributed by atoms with E-state index < -0.39 is 53.3 Å². The van der Waals surface area contributed by atoms with Gasteiger partial charge in [-0.2, -0.15) is 0 Å². The maximum absolute atomic E-state index is 13.5. The molecule has 10 nitrogen and oxygen atoms in total. The van der Waals surface area contributed by atoms with Crippen LogP contribution in [0.4, 0.5) is 0 Å². The summed E-state index contributed by atoms with van der Waals surface area (Å²) in [5.74, 6) is -5.42. The molecule has 0 aromatic heterocycles. The van der Waals surface area contributed by atoms with E-state index in [-0.39, 0.29) is 32.1 Å². The first-order valence-corrected chi connectivity index (χ1v) is 13.6. The highest BCUT2D eigenvalue weighted by molar-refractivity contribution is 5.95. The summed E-state index contributed by atoms with van der Waals surface area (Å²) in [7, 11) is 0. The van der Waals surface area contributed by atoms with E-state index >= 15 is 0 Å². The van der Waals surface area contributed by atoms with Crippen LogP contribution in [0.1, 0.15) is 49.7 Å². The first-order valence-electron chi connectivity index (χ1n) is 13.6. The number of primary amides is 1. The summed E-state index contributed by atoms with van der Waals surface area (Å²) in [5.41, 5.74) is 16.4. The Morgan fingerprint density at radius 2 is 1.30 bits per heavy atom. The minimum absolute atomic E-state index is 0.122. The number of Topliss-reactive ketones (excluding diaryl/α,β-unsaturated/α-hetero) is 2. The first-order chi connectivity index (χ1) is 19.1. The number of carboxylic acid groups (broad SMARTS) is 1. The summed E-state index contributed by atoms with van der Waals surface area (Å²) in [6, 6.07) is 15.9. The summed E-state index contributed by atoms with van der Waals surface area (Å²) in [6.07, 6.45) is 1.06. The fourth-order valence-electron chi connectivity index (χ4n) is 4.53. The molecule has 0 fully saturated rings. The first kappa shape index (κ1) is 32.3. The Morgan fingerprint density at radius 3 is 1.80 bits per heavy atom. The summed E-state index contributed by atoms with van der Waals surface area (Å²) in [6.45, 7) is 0.646. The number of hydrogen-bond donors (Lipinski definition) is 4. The molecule has 0 saturated heterocycles. The maximum Gasteiger partial charge on any atom is 0.224 e. The molecule has 10 heteroatoms. The van der Waals surface area contributed by atoms with Crippen LogP contribution in [-0.4, -0.2) is 48.0 Å². The van der Waals surface area contributed by atoms with E-state index in [4.69, 9.17) is 11.5 Å². The van der Waals surface area contributed by atoms with E-state index in [0.717, 1.165) is 17.5 Å².